The molecule has 1 saturated heterocycles. The first-order valence-electron chi connectivity index (χ1n) is 9.99. The zero-order valence-electron chi connectivity index (χ0n) is 16.8. The highest BCUT2D eigenvalue weighted by Gasteiger charge is 2.35. The van der Waals surface area contributed by atoms with Crippen molar-refractivity contribution < 1.29 is 14.4 Å². The van der Waals surface area contributed by atoms with Crippen molar-refractivity contribution in [2.45, 2.75) is 26.3 Å². The maximum absolute atomic E-state index is 12.6. The fraction of sp³-hybridized carbons (Fsp3) is 0.429. The van der Waals surface area contributed by atoms with Crippen molar-refractivity contribution >= 4 is 45.0 Å². The molecule has 2 aromatic rings. The Morgan fingerprint density at radius 1 is 1.13 bits per heavy atom. The normalized spacial score (nSPS) is 17.0. The number of fused-ring (bicyclic) bond motifs is 1. The van der Waals surface area contributed by atoms with E-state index in [1.54, 1.807) is 29.5 Å². The number of imide groups is 1. The molecule has 1 fully saturated rings. The third-order valence-corrected chi connectivity index (χ3v) is 6.80. The Labute approximate surface area is 187 Å². The molecule has 158 valence electrons. The summed E-state index contributed by atoms with van der Waals surface area (Å²) in [4.78, 5) is 47.5. The van der Waals surface area contributed by atoms with Crippen LogP contribution in [0.5, 0.6) is 0 Å². The summed E-state index contributed by atoms with van der Waals surface area (Å²) in [7, 11) is 0. The second-order valence-electron chi connectivity index (χ2n) is 7.57. The lowest BCUT2D eigenvalue weighted by molar-refractivity contribution is -0.133. The molecule has 0 atom stereocenters. The van der Waals surface area contributed by atoms with Gasteiger partial charge < -0.3 is 4.90 Å². The van der Waals surface area contributed by atoms with Crippen molar-refractivity contribution in [3.8, 4) is 0 Å². The molecule has 0 spiro atoms. The van der Waals surface area contributed by atoms with Crippen molar-refractivity contribution in [3.63, 3.8) is 0 Å². The van der Waals surface area contributed by atoms with Gasteiger partial charge in [0.25, 0.3) is 11.8 Å². The van der Waals surface area contributed by atoms with Gasteiger partial charge >= 0.3 is 0 Å². The molecular formula is C21H23BrN4O3S. The van der Waals surface area contributed by atoms with Crippen LogP contribution >= 0.6 is 27.3 Å². The average molecular weight is 491 g/mol. The number of rotatable bonds is 6. The van der Waals surface area contributed by atoms with Gasteiger partial charge in [0.15, 0.2) is 0 Å². The smallest absolute Gasteiger partial charge is 0.261 e. The standard InChI is InChI=1S/C21H23BrN4O3S/c1-14-23-16(13-30-14)12-24-7-9-25(10-8-24)19(27)3-2-6-26-20(28)17-5-4-15(22)11-18(17)21(26)29/h4-5,11,13H,2-3,6-10,12H2,1H3. The van der Waals surface area contributed by atoms with Gasteiger partial charge in [-0.15, -0.1) is 11.3 Å². The first kappa shape index (κ1) is 21.1. The third kappa shape index (κ3) is 4.48. The zero-order chi connectivity index (χ0) is 21.3. The molecule has 3 heterocycles. The molecule has 1 aromatic carbocycles. The minimum Gasteiger partial charge on any atom is -0.340 e. The number of aryl methyl sites for hydroxylation is 1. The highest BCUT2D eigenvalue weighted by Crippen LogP contribution is 2.26. The molecular weight excluding hydrogens is 468 g/mol. The maximum atomic E-state index is 12.6. The maximum Gasteiger partial charge on any atom is 0.261 e. The van der Waals surface area contributed by atoms with Gasteiger partial charge in [0, 0.05) is 55.5 Å². The molecule has 7 nitrogen and oxygen atoms in total. The molecule has 2 aliphatic rings. The van der Waals surface area contributed by atoms with Crippen LogP contribution in [0.3, 0.4) is 0 Å². The van der Waals surface area contributed by atoms with E-state index in [0.29, 0.717) is 37.1 Å². The van der Waals surface area contributed by atoms with Crippen LogP contribution in [0, 0.1) is 6.92 Å². The fourth-order valence-electron chi connectivity index (χ4n) is 3.88. The Morgan fingerprint density at radius 2 is 1.87 bits per heavy atom. The number of benzene rings is 1. The number of thiazole rings is 1. The Bertz CT molecular complexity index is 984. The minimum atomic E-state index is -0.283. The Kier molecular flexibility index (Phi) is 6.31. The van der Waals surface area contributed by atoms with E-state index in [-0.39, 0.29) is 24.3 Å². The molecule has 0 aliphatic carbocycles. The monoisotopic (exact) mass is 490 g/mol. The number of aromatic nitrogens is 1. The second kappa shape index (κ2) is 8.95. The van der Waals surface area contributed by atoms with E-state index in [4.69, 9.17) is 0 Å². The van der Waals surface area contributed by atoms with E-state index in [9.17, 15) is 14.4 Å². The van der Waals surface area contributed by atoms with Crippen LogP contribution < -0.4 is 0 Å². The largest absolute Gasteiger partial charge is 0.340 e. The molecule has 0 N–H and O–H groups in total. The van der Waals surface area contributed by atoms with E-state index in [2.05, 4.69) is 31.2 Å². The zero-order valence-corrected chi connectivity index (χ0v) is 19.2. The van der Waals surface area contributed by atoms with Gasteiger partial charge in [-0.2, -0.15) is 0 Å². The summed E-state index contributed by atoms with van der Waals surface area (Å²) in [5.41, 5.74) is 1.94. The van der Waals surface area contributed by atoms with Gasteiger partial charge in [-0.05, 0) is 31.5 Å². The van der Waals surface area contributed by atoms with Gasteiger partial charge in [0.05, 0.1) is 21.8 Å². The Morgan fingerprint density at radius 3 is 2.57 bits per heavy atom. The number of hydrogen-bond donors (Lipinski definition) is 0. The van der Waals surface area contributed by atoms with Gasteiger partial charge in [0.1, 0.15) is 0 Å². The molecule has 4 rings (SSSR count). The summed E-state index contributed by atoms with van der Waals surface area (Å²) in [6.45, 7) is 6.14. The number of piperazine rings is 1. The van der Waals surface area contributed by atoms with E-state index >= 15 is 0 Å². The number of carbonyl (C=O) groups is 3. The number of nitrogens with zero attached hydrogens (tertiary/aromatic N) is 4. The number of halogens is 1. The summed E-state index contributed by atoms with van der Waals surface area (Å²) in [5, 5.41) is 3.16. The van der Waals surface area contributed by atoms with Crippen LogP contribution in [0.4, 0.5) is 0 Å². The Balaban J connectivity index is 1.22. The van der Waals surface area contributed by atoms with Crippen LogP contribution in [-0.4, -0.2) is 70.1 Å². The average Bonchev–Trinajstić information content (AvgIpc) is 3.24. The van der Waals surface area contributed by atoms with Gasteiger partial charge in [-0.25, -0.2) is 4.98 Å². The summed E-state index contributed by atoms with van der Waals surface area (Å²) >= 11 is 4.99. The summed E-state index contributed by atoms with van der Waals surface area (Å²) < 4.78 is 0.767. The lowest BCUT2D eigenvalue weighted by Gasteiger charge is -2.34. The molecule has 2 aliphatic heterocycles. The second-order valence-corrected chi connectivity index (χ2v) is 9.55. The molecule has 30 heavy (non-hydrogen) atoms. The first-order valence-corrected chi connectivity index (χ1v) is 11.7. The van der Waals surface area contributed by atoms with Gasteiger partial charge in [0.2, 0.25) is 5.91 Å². The van der Waals surface area contributed by atoms with E-state index in [0.717, 1.165) is 34.8 Å². The molecule has 9 heteroatoms. The highest BCUT2D eigenvalue weighted by atomic mass is 79.9. The molecule has 0 unspecified atom stereocenters. The third-order valence-electron chi connectivity index (χ3n) is 5.48. The lowest BCUT2D eigenvalue weighted by atomic mass is 10.1. The molecule has 0 bridgehead atoms. The van der Waals surface area contributed by atoms with Crippen molar-refractivity contribution in [2.75, 3.05) is 32.7 Å². The SMILES string of the molecule is Cc1nc(CN2CCN(C(=O)CCCN3C(=O)c4ccc(Br)cc4C3=O)CC2)cs1. The van der Waals surface area contributed by atoms with Gasteiger partial charge in [-0.3, -0.25) is 24.2 Å². The number of carbonyl (C=O) groups excluding carboxylic acids is 3. The van der Waals surface area contributed by atoms with Crippen LogP contribution in [0.2, 0.25) is 0 Å². The lowest BCUT2D eigenvalue weighted by Crippen LogP contribution is -2.48. The van der Waals surface area contributed by atoms with E-state index in [1.165, 1.54) is 4.90 Å². The predicted octanol–water partition coefficient (Wildman–Crippen LogP) is 2.93. The Hall–Kier alpha value is -2.10. The molecule has 0 saturated carbocycles. The molecule has 1 aromatic heterocycles. The van der Waals surface area contributed by atoms with Crippen LogP contribution in [0.25, 0.3) is 0 Å². The van der Waals surface area contributed by atoms with Crippen LogP contribution in [0.15, 0.2) is 28.1 Å². The fourth-order valence-corrected chi connectivity index (χ4v) is 4.84. The quantitative estimate of drug-likeness (QED) is 0.582. The van der Waals surface area contributed by atoms with Gasteiger partial charge in [-0.1, -0.05) is 15.9 Å². The van der Waals surface area contributed by atoms with Crippen molar-refractivity contribution in [3.05, 3.63) is 49.9 Å². The highest BCUT2D eigenvalue weighted by molar-refractivity contribution is 9.10. The first-order chi connectivity index (χ1) is 14.4. The van der Waals surface area contributed by atoms with Crippen molar-refractivity contribution in [1.82, 2.24) is 19.7 Å². The number of amides is 3. The summed E-state index contributed by atoms with van der Waals surface area (Å²) in [6, 6.07) is 5.09. The summed E-state index contributed by atoms with van der Waals surface area (Å²) in [6.07, 6.45) is 0.812. The van der Waals surface area contributed by atoms with Crippen LogP contribution in [-0.2, 0) is 11.3 Å². The topological polar surface area (TPSA) is 73.8 Å². The van der Waals surface area contributed by atoms with Crippen molar-refractivity contribution in [2.24, 2.45) is 0 Å². The van der Waals surface area contributed by atoms with Crippen LogP contribution in [0.1, 0.15) is 44.3 Å². The van der Waals surface area contributed by atoms with E-state index < -0.39 is 0 Å². The van der Waals surface area contributed by atoms with Crippen molar-refractivity contribution in [1.29, 1.82) is 0 Å². The summed E-state index contributed by atoms with van der Waals surface area (Å²) in [5.74, 6) is -0.478. The predicted molar refractivity (Wildman–Crippen MR) is 117 cm³/mol. The van der Waals surface area contributed by atoms with E-state index in [1.807, 2.05) is 11.8 Å². The molecule has 0 radical (unpaired) electrons. The minimum absolute atomic E-state index is 0.0820. The molecule has 3 amide bonds. The number of hydrogen-bond acceptors (Lipinski definition) is 6.